The van der Waals surface area contributed by atoms with Gasteiger partial charge in [0.2, 0.25) is 0 Å². The highest BCUT2D eigenvalue weighted by atomic mass is 16.4. The van der Waals surface area contributed by atoms with E-state index in [1.807, 2.05) is 13.8 Å². The van der Waals surface area contributed by atoms with Crippen molar-refractivity contribution >= 4 is 17.4 Å². The number of carboxylic acid groups (broad SMARTS) is 1. The van der Waals surface area contributed by atoms with Gasteiger partial charge in [0, 0.05) is 17.7 Å². The van der Waals surface area contributed by atoms with E-state index in [0.717, 1.165) is 18.4 Å². The van der Waals surface area contributed by atoms with Gasteiger partial charge < -0.3 is 10.8 Å². The number of anilines is 1. The predicted molar refractivity (Wildman–Crippen MR) is 77.6 cm³/mol. The van der Waals surface area contributed by atoms with Crippen molar-refractivity contribution in [2.75, 3.05) is 5.73 Å². The molecule has 1 fully saturated rings. The van der Waals surface area contributed by atoms with E-state index in [-0.39, 0.29) is 18.1 Å². The summed E-state index contributed by atoms with van der Waals surface area (Å²) in [6.07, 6.45) is 2.39. The number of ketones is 1. The summed E-state index contributed by atoms with van der Waals surface area (Å²) in [4.78, 5) is 24.1. The fraction of sp³-hybridized carbons (Fsp3) is 0.500. The maximum absolute atomic E-state index is 12.4. The minimum Gasteiger partial charge on any atom is -0.481 e. The average Bonchev–Trinajstić information content (AvgIpc) is 3.23. The van der Waals surface area contributed by atoms with Crippen molar-refractivity contribution in [3.05, 3.63) is 29.3 Å². The number of aliphatic carboxylic acids is 1. The minimum atomic E-state index is -0.896. The summed E-state index contributed by atoms with van der Waals surface area (Å²) in [5.74, 6) is -0.809. The summed E-state index contributed by atoms with van der Waals surface area (Å²) in [5, 5.41) is 9.56. The number of aryl methyl sites for hydroxylation is 1. The zero-order chi connectivity index (χ0) is 14.9. The molecular formula is C16H21NO3. The lowest BCUT2D eigenvalue weighted by atomic mass is 9.75. The highest BCUT2D eigenvalue weighted by molar-refractivity contribution is 5.99. The second kappa shape index (κ2) is 5.27. The van der Waals surface area contributed by atoms with Crippen LogP contribution in [0.4, 0.5) is 5.69 Å². The molecule has 20 heavy (non-hydrogen) atoms. The van der Waals surface area contributed by atoms with Crippen LogP contribution >= 0.6 is 0 Å². The third-order valence-corrected chi connectivity index (χ3v) is 4.48. The minimum absolute atomic E-state index is 0.0762. The van der Waals surface area contributed by atoms with Gasteiger partial charge in [-0.25, -0.2) is 0 Å². The summed E-state index contributed by atoms with van der Waals surface area (Å²) < 4.78 is 0. The first-order chi connectivity index (χ1) is 9.40. The summed E-state index contributed by atoms with van der Waals surface area (Å²) in [6.45, 7) is 3.70. The normalized spacial score (nSPS) is 17.5. The fourth-order valence-electron chi connectivity index (χ4n) is 2.83. The molecule has 4 nitrogen and oxygen atoms in total. The Hall–Kier alpha value is -1.84. The Morgan fingerprint density at radius 1 is 1.40 bits per heavy atom. The molecule has 0 amide bonds. The van der Waals surface area contributed by atoms with Crippen molar-refractivity contribution in [1.82, 2.24) is 0 Å². The number of nitrogen functional groups attached to an aromatic ring is 1. The number of Topliss-reactive ketones (excluding diaryl/α,β-unsaturated/α-hetero) is 1. The van der Waals surface area contributed by atoms with Crippen LogP contribution in [-0.4, -0.2) is 16.9 Å². The fourth-order valence-corrected chi connectivity index (χ4v) is 2.83. The van der Waals surface area contributed by atoms with Gasteiger partial charge in [0.1, 0.15) is 0 Å². The number of carbonyl (C=O) groups excluding carboxylic acids is 1. The molecule has 0 spiro atoms. The van der Waals surface area contributed by atoms with E-state index in [1.54, 1.807) is 18.2 Å². The molecule has 3 N–H and O–H groups in total. The lowest BCUT2D eigenvalue weighted by Gasteiger charge is -2.27. The number of hydrogen-bond donors (Lipinski definition) is 2. The lowest BCUT2D eigenvalue weighted by molar-refractivity contribution is -0.150. The van der Waals surface area contributed by atoms with Crippen molar-refractivity contribution < 1.29 is 14.7 Å². The van der Waals surface area contributed by atoms with Gasteiger partial charge in [-0.1, -0.05) is 6.92 Å². The lowest BCUT2D eigenvalue weighted by Crippen LogP contribution is -2.35. The molecule has 108 valence electrons. The van der Waals surface area contributed by atoms with E-state index in [0.29, 0.717) is 17.7 Å². The predicted octanol–water partition coefficient (Wildman–Crippen LogP) is 3.04. The van der Waals surface area contributed by atoms with Crippen molar-refractivity contribution in [3.63, 3.8) is 0 Å². The summed E-state index contributed by atoms with van der Waals surface area (Å²) in [7, 11) is 0. The third kappa shape index (κ3) is 2.55. The van der Waals surface area contributed by atoms with Crippen LogP contribution in [0.5, 0.6) is 0 Å². The standard InChI is InChI=1S/C16H21NO3/c1-3-16(15(19)20,12-5-6-12)9-14(18)11-4-7-13(17)10(2)8-11/h4,7-8,12H,3,5-6,9,17H2,1-2H3,(H,19,20). The number of carboxylic acids is 1. The molecule has 0 saturated heterocycles. The van der Waals surface area contributed by atoms with Gasteiger partial charge in [-0.05, 0) is 55.9 Å². The zero-order valence-corrected chi connectivity index (χ0v) is 12.0. The second-order valence-electron chi connectivity index (χ2n) is 5.76. The average molecular weight is 275 g/mol. The molecule has 1 unspecified atom stereocenters. The second-order valence-corrected chi connectivity index (χ2v) is 5.76. The van der Waals surface area contributed by atoms with E-state index in [9.17, 15) is 14.7 Å². The number of rotatable bonds is 6. The number of nitrogens with two attached hydrogens (primary N) is 1. The Labute approximate surface area is 119 Å². The molecule has 1 atom stereocenters. The van der Waals surface area contributed by atoms with E-state index in [4.69, 9.17) is 5.73 Å². The van der Waals surface area contributed by atoms with E-state index in [2.05, 4.69) is 0 Å². The van der Waals surface area contributed by atoms with Crippen molar-refractivity contribution in [2.24, 2.45) is 11.3 Å². The topological polar surface area (TPSA) is 80.4 Å². The monoisotopic (exact) mass is 275 g/mol. The SMILES string of the molecule is CCC(CC(=O)c1ccc(N)c(C)c1)(C(=O)O)C1CC1. The van der Waals surface area contributed by atoms with Crippen LogP contribution in [0.15, 0.2) is 18.2 Å². The summed E-state index contributed by atoms with van der Waals surface area (Å²) in [6, 6.07) is 5.13. The third-order valence-electron chi connectivity index (χ3n) is 4.48. The van der Waals surface area contributed by atoms with Gasteiger partial charge in [0.05, 0.1) is 5.41 Å². The molecule has 0 aromatic heterocycles. The molecule has 0 aliphatic heterocycles. The molecular weight excluding hydrogens is 254 g/mol. The largest absolute Gasteiger partial charge is 0.481 e. The molecule has 4 heteroatoms. The Kier molecular flexibility index (Phi) is 3.84. The van der Waals surface area contributed by atoms with Gasteiger partial charge in [-0.15, -0.1) is 0 Å². The summed E-state index contributed by atoms with van der Waals surface area (Å²) >= 11 is 0. The zero-order valence-electron chi connectivity index (χ0n) is 12.0. The Morgan fingerprint density at radius 3 is 2.50 bits per heavy atom. The van der Waals surface area contributed by atoms with Gasteiger partial charge >= 0.3 is 5.97 Å². The maximum atomic E-state index is 12.4. The molecule has 1 aliphatic carbocycles. The molecule has 0 heterocycles. The number of carbonyl (C=O) groups is 2. The van der Waals surface area contributed by atoms with Crippen LogP contribution in [-0.2, 0) is 4.79 Å². The highest BCUT2D eigenvalue weighted by Crippen LogP contribution is 2.50. The first-order valence-corrected chi connectivity index (χ1v) is 7.03. The Morgan fingerprint density at radius 2 is 2.05 bits per heavy atom. The van der Waals surface area contributed by atoms with Crippen LogP contribution in [0.25, 0.3) is 0 Å². The van der Waals surface area contributed by atoms with Gasteiger partial charge in [0.15, 0.2) is 5.78 Å². The van der Waals surface area contributed by atoms with E-state index < -0.39 is 11.4 Å². The van der Waals surface area contributed by atoms with Crippen LogP contribution in [0.1, 0.15) is 48.5 Å². The van der Waals surface area contributed by atoms with Gasteiger partial charge in [0.25, 0.3) is 0 Å². The molecule has 1 aromatic rings. The summed E-state index contributed by atoms with van der Waals surface area (Å²) in [5.41, 5.74) is 6.89. The molecule has 1 saturated carbocycles. The van der Waals surface area contributed by atoms with Crippen molar-refractivity contribution in [2.45, 2.75) is 39.5 Å². The van der Waals surface area contributed by atoms with Crippen LogP contribution in [0, 0.1) is 18.3 Å². The molecule has 0 bridgehead atoms. The smallest absolute Gasteiger partial charge is 0.310 e. The molecule has 2 rings (SSSR count). The Bertz CT molecular complexity index is 549. The van der Waals surface area contributed by atoms with Gasteiger partial charge in [-0.3, -0.25) is 9.59 Å². The maximum Gasteiger partial charge on any atom is 0.310 e. The quantitative estimate of drug-likeness (QED) is 0.617. The van der Waals surface area contributed by atoms with Crippen molar-refractivity contribution in [3.8, 4) is 0 Å². The van der Waals surface area contributed by atoms with E-state index >= 15 is 0 Å². The number of benzene rings is 1. The van der Waals surface area contributed by atoms with Crippen LogP contribution in [0.3, 0.4) is 0 Å². The van der Waals surface area contributed by atoms with Gasteiger partial charge in [-0.2, -0.15) is 0 Å². The molecule has 0 radical (unpaired) electrons. The first-order valence-electron chi connectivity index (χ1n) is 7.03. The molecule has 1 aromatic carbocycles. The van der Waals surface area contributed by atoms with E-state index in [1.165, 1.54) is 0 Å². The highest BCUT2D eigenvalue weighted by Gasteiger charge is 2.50. The molecule has 1 aliphatic rings. The number of hydrogen-bond acceptors (Lipinski definition) is 3. The Balaban J connectivity index is 2.24. The van der Waals surface area contributed by atoms with Crippen molar-refractivity contribution in [1.29, 1.82) is 0 Å². The van der Waals surface area contributed by atoms with Crippen LogP contribution in [0.2, 0.25) is 0 Å². The van der Waals surface area contributed by atoms with Crippen LogP contribution < -0.4 is 5.73 Å². The first kappa shape index (κ1) is 14.6.